The molecule has 1 atom stereocenters. The zero-order valence-electron chi connectivity index (χ0n) is 12.1. The van der Waals surface area contributed by atoms with Crippen LogP contribution in [0.2, 0.25) is 0 Å². The highest BCUT2D eigenvalue weighted by atomic mass is 19.1. The standard InChI is InChI=1S/C16H16FN5/c1-12(15-4-2-3-7-19-15)20-9-13-5-6-16(14(17)8-13)22-11-18-10-21-22/h2-8,10-12,20H,9H2,1H3. The van der Waals surface area contributed by atoms with Crippen LogP contribution in [0.3, 0.4) is 0 Å². The summed E-state index contributed by atoms with van der Waals surface area (Å²) < 4.78 is 15.5. The van der Waals surface area contributed by atoms with Crippen LogP contribution in [-0.2, 0) is 6.54 Å². The number of rotatable bonds is 5. The summed E-state index contributed by atoms with van der Waals surface area (Å²) in [6.07, 6.45) is 4.61. The summed E-state index contributed by atoms with van der Waals surface area (Å²) in [5.41, 5.74) is 2.21. The van der Waals surface area contributed by atoms with E-state index in [0.717, 1.165) is 11.3 Å². The van der Waals surface area contributed by atoms with Crippen LogP contribution in [-0.4, -0.2) is 19.7 Å². The summed E-state index contributed by atoms with van der Waals surface area (Å²) in [7, 11) is 0. The van der Waals surface area contributed by atoms with Gasteiger partial charge < -0.3 is 5.32 Å². The first-order valence-corrected chi connectivity index (χ1v) is 7.02. The number of hydrogen-bond acceptors (Lipinski definition) is 4. The lowest BCUT2D eigenvalue weighted by Gasteiger charge is -2.13. The van der Waals surface area contributed by atoms with Crippen molar-refractivity contribution in [3.8, 4) is 5.69 Å². The van der Waals surface area contributed by atoms with Crippen molar-refractivity contribution in [2.75, 3.05) is 0 Å². The fourth-order valence-electron chi connectivity index (χ4n) is 2.19. The molecule has 0 fully saturated rings. The van der Waals surface area contributed by atoms with Crippen LogP contribution >= 0.6 is 0 Å². The summed E-state index contributed by atoms with van der Waals surface area (Å²) in [6, 6.07) is 11.0. The molecule has 0 bridgehead atoms. The van der Waals surface area contributed by atoms with E-state index in [9.17, 15) is 4.39 Å². The molecule has 0 amide bonds. The summed E-state index contributed by atoms with van der Waals surface area (Å²) >= 11 is 0. The molecule has 0 radical (unpaired) electrons. The Morgan fingerprint density at radius 2 is 2.18 bits per heavy atom. The van der Waals surface area contributed by atoms with Crippen molar-refractivity contribution in [1.82, 2.24) is 25.1 Å². The smallest absolute Gasteiger partial charge is 0.149 e. The molecule has 0 aliphatic heterocycles. The Morgan fingerprint density at radius 3 is 2.86 bits per heavy atom. The molecule has 3 aromatic rings. The highest BCUT2D eigenvalue weighted by molar-refractivity contribution is 5.35. The SMILES string of the molecule is CC(NCc1ccc(-n2cncn2)c(F)c1)c1ccccn1. The van der Waals surface area contributed by atoms with Gasteiger partial charge in [-0.1, -0.05) is 12.1 Å². The van der Waals surface area contributed by atoms with E-state index in [1.54, 1.807) is 12.3 Å². The Balaban J connectivity index is 1.68. The Labute approximate surface area is 127 Å². The monoisotopic (exact) mass is 297 g/mol. The van der Waals surface area contributed by atoms with E-state index in [2.05, 4.69) is 20.4 Å². The zero-order valence-corrected chi connectivity index (χ0v) is 12.1. The van der Waals surface area contributed by atoms with E-state index in [1.165, 1.54) is 23.4 Å². The van der Waals surface area contributed by atoms with Gasteiger partial charge in [-0.15, -0.1) is 0 Å². The Morgan fingerprint density at radius 1 is 1.27 bits per heavy atom. The first kappa shape index (κ1) is 14.3. The average molecular weight is 297 g/mol. The minimum absolute atomic E-state index is 0.0965. The minimum atomic E-state index is -0.324. The van der Waals surface area contributed by atoms with Crippen LogP contribution in [0, 0.1) is 5.82 Å². The molecule has 22 heavy (non-hydrogen) atoms. The molecule has 5 nitrogen and oxygen atoms in total. The Bertz CT molecular complexity index is 728. The number of nitrogens with one attached hydrogen (secondary N) is 1. The highest BCUT2D eigenvalue weighted by Crippen LogP contribution is 2.15. The van der Waals surface area contributed by atoms with Crippen molar-refractivity contribution in [3.63, 3.8) is 0 Å². The quantitative estimate of drug-likeness (QED) is 0.786. The summed E-state index contributed by atoms with van der Waals surface area (Å²) in [6.45, 7) is 2.59. The highest BCUT2D eigenvalue weighted by Gasteiger charge is 2.08. The second-order valence-electron chi connectivity index (χ2n) is 4.98. The van der Waals surface area contributed by atoms with Crippen molar-refractivity contribution >= 4 is 0 Å². The van der Waals surface area contributed by atoms with Gasteiger partial charge in [0.25, 0.3) is 0 Å². The van der Waals surface area contributed by atoms with Crippen molar-refractivity contribution in [1.29, 1.82) is 0 Å². The van der Waals surface area contributed by atoms with Crippen LogP contribution in [0.1, 0.15) is 24.2 Å². The number of benzene rings is 1. The van der Waals surface area contributed by atoms with Crippen LogP contribution in [0.15, 0.2) is 55.2 Å². The van der Waals surface area contributed by atoms with E-state index in [-0.39, 0.29) is 11.9 Å². The van der Waals surface area contributed by atoms with Gasteiger partial charge in [0, 0.05) is 18.8 Å². The topological polar surface area (TPSA) is 55.6 Å². The summed E-state index contributed by atoms with van der Waals surface area (Å²) in [5.74, 6) is -0.324. The van der Waals surface area contributed by atoms with Crippen molar-refractivity contribution < 1.29 is 4.39 Å². The number of halogens is 1. The lowest BCUT2D eigenvalue weighted by Crippen LogP contribution is -2.19. The van der Waals surface area contributed by atoms with Gasteiger partial charge in [0.05, 0.1) is 5.69 Å². The molecular weight excluding hydrogens is 281 g/mol. The maximum Gasteiger partial charge on any atom is 0.149 e. The molecule has 1 unspecified atom stereocenters. The molecule has 2 heterocycles. The van der Waals surface area contributed by atoms with Crippen LogP contribution in [0.25, 0.3) is 5.69 Å². The molecule has 0 saturated heterocycles. The molecule has 0 saturated carbocycles. The first-order chi connectivity index (χ1) is 10.7. The van der Waals surface area contributed by atoms with E-state index in [4.69, 9.17) is 0 Å². The molecule has 0 spiro atoms. The molecule has 3 rings (SSSR count). The van der Waals surface area contributed by atoms with Gasteiger partial charge in [-0.2, -0.15) is 5.10 Å². The molecular formula is C16H16FN5. The summed E-state index contributed by atoms with van der Waals surface area (Å²) in [5, 5.41) is 7.27. The molecule has 1 N–H and O–H groups in total. The predicted octanol–water partition coefficient (Wildman–Crippen LogP) is 2.65. The molecule has 112 valence electrons. The third-order valence-electron chi connectivity index (χ3n) is 3.42. The third kappa shape index (κ3) is 3.17. The van der Waals surface area contributed by atoms with E-state index in [0.29, 0.717) is 12.2 Å². The maximum atomic E-state index is 14.1. The van der Waals surface area contributed by atoms with Gasteiger partial charge in [-0.25, -0.2) is 14.1 Å². The van der Waals surface area contributed by atoms with E-state index < -0.39 is 0 Å². The first-order valence-electron chi connectivity index (χ1n) is 7.02. The third-order valence-corrected chi connectivity index (χ3v) is 3.42. The average Bonchev–Trinajstić information content (AvgIpc) is 3.07. The molecule has 6 heteroatoms. The zero-order chi connectivity index (χ0) is 15.4. The second kappa shape index (κ2) is 6.44. The van der Waals surface area contributed by atoms with E-state index in [1.807, 2.05) is 31.2 Å². The van der Waals surface area contributed by atoms with Gasteiger partial charge in [-0.05, 0) is 36.8 Å². The van der Waals surface area contributed by atoms with Gasteiger partial charge >= 0.3 is 0 Å². The largest absolute Gasteiger partial charge is 0.305 e. The van der Waals surface area contributed by atoms with Gasteiger partial charge in [0.1, 0.15) is 24.2 Å². The van der Waals surface area contributed by atoms with Gasteiger partial charge in [-0.3, -0.25) is 4.98 Å². The fraction of sp³-hybridized carbons (Fsp3) is 0.188. The van der Waals surface area contributed by atoms with Crippen LogP contribution in [0.4, 0.5) is 4.39 Å². The Kier molecular flexibility index (Phi) is 4.20. The number of hydrogen-bond donors (Lipinski definition) is 1. The van der Waals surface area contributed by atoms with E-state index >= 15 is 0 Å². The molecule has 1 aromatic carbocycles. The Hall–Kier alpha value is -2.60. The minimum Gasteiger partial charge on any atom is -0.305 e. The van der Waals surface area contributed by atoms with Gasteiger partial charge in [0.2, 0.25) is 0 Å². The van der Waals surface area contributed by atoms with Crippen molar-refractivity contribution in [2.24, 2.45) is 0 Å². The fourth-order valence-corrected chi connectivity index (χ4v) is 2.19. The lowest BCUT2D eigenvalue weighted by atomic mass is 10.1. The molecule has 0 aliphatic carbocycles. The second-order valence-corrected chi connectivity index (χ2v) is 4.98. The maximum absolute atomic E-state index is 14.1. The number of aromatic nitrogens is 4. The van der Waals surface area contributed by atoms with Crippen LogP contribution < -0.4 is 5.32 Å². The summed E-state index contributed by atoms with van der Waals surface area (Å²) in [4.78, 5) is 8.12. The normalized spacial score (nSPS) is 12.3. The van der Waals surface area contributed by atoms with Crippen molar-refractivity contribution in [3.05, 3.63) is 72.3 Å². The lowest BCUT2D eigenvalue weighted by molar-refractivity contribution is 0.556. The number of pyridine rings is 1. The van der Waals surface area contributed by atoms with Crippen LogP contribution in [0.5, 0.6) is 0 Å². The predicted molar refractivity (Wildman–Crippen MR) is 80.8 cm³/mol. The molecule has 2 aromatic heterocycles. The molecule has 0 aliphatic rings. The van der Waals surface area contributed by atoms with Gasteiger partial charge in [0.15, 0.2) is 0 Å². The van der Waals surface area contributed by atoms with Crippen molar-refractivity contribution in [2.45, 2.75) is 19.5 Å². The number of nitrogens with zero attached hydrogens (tertiary/aromatic N) is 4.